The molecular weight excluding hydrogens is 911 g/mol. The Morgan fingerprint density at radius 3 is 1.98 bits per heavy atom. The molecule has 0 spiro atoms. The third kappa shape index (κ3) is 19.6. The molecule has 18 nitrogen and oxygen atoms in total. The van der Waals surface area contributed by atoms with Gasteiger partial charge in [0.1, 0.15) is 11.6 Å². The second-order valence-corrected chi connectivity index (χ2v) is 15.7. The van der Waals surface area contributed by atoms with Crippen LogP contribution in [0.1, 0.15) is 36.0 Å². The van der Waals surface area contributed by atoms with Crippen LogP contribution < -0.4 is 41.4 Å². The van der Waals surface area contributed by atoms with Crippen LogP contribution in [-0.2, 0) is 28.5 Å². The average Bonchev–Trinajstić information content (AvgIpc) is 3.82. The Morgan fingerprint density at radius 1 is 0.727 bits per heavy atom. The van der Waals surface area contributed by atoms with Gasteiger partial charge in [-0.3, -0.25) is 9.59 Å². The quantitative estimate of drug-likeness (QED) is 0.0280. The lowest BCUT2D eigenvalue weighted by molar-refractivity contribution is -0.275. The number of amides is 4. The summed E-state index contributed by atoms with van der Waals surface area (Å²) in [5.41, 5.74) is -0.0200. The molecule has 6 N–H and O–H groups in total. The molecule has 2 aromatic carbocycles. The molecule has 5 rings (SSSR count). The minimum absolute atomic E-state index is 0.00749. The number of thioether (sulfide) groups is 1. The van der Waals surface area contributed by atoms with Crippen molar-refractivity contribution in [1.29, 1.82) is 0 Å². The smallest absolute Gasteiger partial charge is 0.406 e. The summed E-state index contributed by atoms with van der Waals surface area (Å²) in [6, 6.07) is 9.83. The Bertz CT molecular complexity index is 1970. The number of aromatic nitrogens is 2. The highest BCUT2D eigenvalue weighted by Gasteiger charge is 2.42. The molecule has 4 amide bonds. The Labute approximate surface area is 380 Å². The molecule has 2 aliphatic rings. The number of nitrogens with zero attached hydrogens (tertiary/aromatic N) is 2. The highest BCUT2D eigenvalue weighted by molar-refractivity contribution is 8.00. The fourth-order valence-corrected chi connectivity index (χ4v) is 7.96. The number of carbonyl (C=O) groups excluding carboxylic acids is 3. The number of hydrogen-bond acceptors (Lipinski definition) is 15. The number of anilines is 4. The first-order valence-corrected chi connectivity index (χ1v) is 22.0. The van der Waals surface area contributed by atoms with Crippen LogP contribution in [0.2, 0.25) is 0 Å². The van der Waals surface area contributed by atoms with Crippen LogP contribution in [0.25, 0.3) is 0 Å². The summed E-state index contributed by atoms with van der Waals surface area (Å²) < 4.78 is 113. The van der Waals surface area contributed by atoms with E-state index >= 15 is 0 Å². The van der Waals surface area contributed by atoms with Crippen molar-refractivity contribution >= 4 is 52.7 Å². The van der Waals surface area contributed by atoms with Crippen molar-refractivity contribution in [2.45, 2.75) is 55.7 Å². The number of urea groups is 1. The lowest BCUT2D eigenvalue weighted by Crippen LogP contribution is -2.36. The second kappa shape index (κ2) is 26.7. The van der Waals surface area contributed by atoms with E-state index < -0.39 is 30.1 Å². The summed E-state index contributed by atoms with van der Waals surface area (Å²) in [5, 5.41) is 17.2. The fourth-order valence-electron chi connectivity index (χ4n) is 6.42. The van der Waals surface area contributed by atoms with Crippen molar-refractivity contribution in [3.05, 3.63) is 60.3 Å². The number of alkyl halides is 6. The van der Waals surface area contributed by atoms with Gasteiger partial charge in [-0.05, 0) is 61.4 Å². The predicted octanol–water partition coefficient (Wildman–Crippen LogP) is 5.42. The molecule has 66 heavy (non-hydrogen) atoms. The fraction of sp³-hybridized carbons (Fsp3) is 0.537. The maximum Gasteiger partial charge on any atom is 0.573 e. The normalized spacial score (nSPS) is 16.8. The Hall–Kier alpha value is -5.34. The van der Waals surface area contributed by atoms with Crippen molar-refractivity contribution in [3.63, 3.8) is 0 Å². The summed E-state index contributed by atoms with van der Waals surface area (Å²) in [6.45, 7) is 3.57. The van der Waals surface area contributed by atoms with Gasteiger partial charge in [0.25, 0.3) is 5.91 Å². The maximum atomic E-state index is 13.3. The van der Waals surface area contributed by atoms with Gasteiger partial charge in [-0.2, -0.15) is 16.7 Å². The molecule has 0 saturated carbocycles. The van der Waals surface area contributed by atoms with Crippen LogP contribution in [0.3, 0.4) is 0 Å². The Balaban J connectivity index is 0.842. The van der Waals surface area contributed by atoms with Gasteiger partial charge in [0.05, 0.1) is 83.8 Å². The molecule has 364 valence electrons. The molecule has 3 aromatic rings. The molecule has 0 radical (unpaired) electrons. The molecule has 3 heterocycles. The van der Waals surface area contributed by atoms with E-state index in [1.54, 1.807) is 0 Å². The zero-order valence-corrected chi connectivity index (χ0v) is 36.4. The molecule has 3 unspecified atom stereocenters. The number of ether oxygens (including phenoxy) is 7. The number of hydrogen-bond donors (Lipinski definition) is 6. The summed E-state index contributed by atoms with van der Waals surface area (Å²) >= 11 is 1.87. The van der Waals surface area contributed by atoms with Gasteiger partial charge in [-0.1, -0.05) is 6.42 Å². The van der Waals surface area contributed by atoms with Gasteiger partial charge in [0, 0.05) is 48.0 Å². The minimum atomic E-state index is -5.10. The number of carbonyl (C=O) groups is 3. The average molecular weight is 963 g/mol. The topological polar surface area (TPSA) is 214 Å². The first kappa shape index (κ1) is 51.6. The predicted molar refractivity (Wildman–Crippen MR) is 228 cm³/mol. The van der Waals surface area contributed by atoms with Crippen LogP contribution >= 0.6 is 11.8 Å². The van der Waals surface area contributed by atoms with Crippen LogP contribution in [0.15, 0.2) is 54.7 Å². The van der Waals surface area contributed by atoms with Crippen molar-refractivity contribution in [1.82, 2.24) is 31.2 Å². The molecule has 0 bridgehead atoms. The molecule has 1 aromatic heterocycles. The van der Waals surface area contributed by atoms with Gasteiger partial charge in [0.15, 0.2) is 5.75 Å². The number of rotatable bonds is 30. The first-order valence-electron chi connectivity index (χ1n) is 21.0. The molecule has 2 aliphatic heterocycles. The van der Waals surface area contributed by atoms with Crippen LogP contribution in [0.5, 0.6) is 11.5 Å². The van der Waals surface area contributed by atoms with E-state index in [2.05, 4.69) is 51.3 Å². The summed E-state index contributed by atoms with van der Waals surface area (Å²) in [4.78, 5) is 44.4. The van der Waals surface area contributed by atoms with Gasteiger partial charge in [0.2, 0.25) is 11.9 Å². The zero-order valence-electron chi connectivity index (χ0n) is 35.6. The Kier molecular flexibility index (Phi) is 20.9. The van der Waals surface area contributed by atoms with Gasteiger partial charge in [-0.15, -0.1) is 26.3 Å². The summed E-state index contributed by atoms with van der Waals surface area (Å²) in [5.74, 6) is -0.951. The SMILES string of the molecule is O=C(CCCCC1SCC2NC(=O)NC21)NCCOCCOCCOCCOCCOCCNC(=O)c1ccc(Nc2nccc(Nc3ccc(OC(F)(F)F)cc3)n2)c(OC(F)(F)F)c1. The summed E-state index contributed by atoms with van der Waals surface area (Å²) in [7, 11) is 0. The van der Waals surface area contributed by atoms with E-state index in [-0.39, 0.29) is 73.4 Å². The van der Waals surface area contributed by atoms with Crippen LogP contribution in [0.4, 0.5) is 54.3 Å². The zero-order chi connectivity index (χ0) is 47.2. The first-order chi connectivity index (χ1) is 31.7. The molecule has 2 fully saturated rings. The van der Waals surface area contributed by atoms with E-state index in [9.17, 15) is 40.7 Å². The number of benzene rings is 2. The van der Waals surface area contributed by atoms with E-state index in [0.29, 0.717) is 70.2 Å². The van der Waals surface area contributed by atoms with E-state index in [0.717, 1.165) is 43.2 Å². The lowest BCUT2D eigenvalue weighted by Gasteiger charge is -2.16. The number of nitrogens with one attached hydrogen (secondary N) is 6. The van der Waals surface area contributed by atoms with Crippen LogP contribution in [0, 0.1) is 0 Å². The third-order valence-corrected chi connectivity index (χ3v) is 10.9. The second-order valence-electron chi connectivity index (χ2n) is 14.4. The van der Waals surface area contributed by atoms with Crippen LogP contribution in [-0.4, -0.2) is 143 Å². The molecule has 3 atom stereocenters. The van der Waals surface area contributed by atoms with Crippen molar-refractivity contribution in [2.24, 2.45) is 0 Å². The standard InChI is InChI=1S/C41H52F6N8O10S/c42-40(43,44)64-29-8-6-28(7-9-29)51-34-11-12-50-38(54-34)52-30-10-5-27(25-32(30)65-41(45,46)47)37(57)49-14-16-60-18-20-62-22-24-63-23-21-61-19-17-59-15-13-48-35(56)4-2-1-3-33-36-31(26-66-33)53-39(58)55-36/h5-12,25,31,33,36H,1-4,13-24,26H2,(H,48,56)(H,49,57)(H2,53,55,58)(H2,50,51,52,54). The largest absolute Gasteiger partial charge is 0.573 e. The van der Waals surface area contributed by atoms with E-state index in [1.807, 2.05) is 11.8 Å². The number of fused-ring (bicyclic) bond motifs is 1. The number of halogens is 6. The van der Waals surface area contributed by atoms with E-state index in [1.165, 1.54) is 36.5 Å². The number of unbranched alkanes of at least 4 members (excludes halogenated alkanes) is 1. The van der Waals surface area contributed by atoms with Gasteiger partial charge >= 0.3 is 18.8 Å². The Morgan fingerprint density at radius 2 is 1.35 bits per heavy atom. The maximum absolute atomic E-state index is 13.3. The molecule has 0 aliphatic carbocycles. The third-order valence-electron chi connectivity index (χ3n) is 9.40. The van der Waals surface area contributed by atoms with Crippen molar-refractivity contribution in [3.8, 4) is 11.5 Å². The lowest BCUT2D eigenvalue weighted by atomic mass is 10.0. The molecule has 2 saturated heterocycles. The van der Waals surface area contributed by atoms with Gasteiger partial charge in [-0.25, -0.2) is 9.78 Å². The van der Waals surface area contributed by atoms with E-state index in [4.69, 9.17) is 23.7 Å². The minimum Gasteiger partial charge on any atom is -0.406 e. The molecule has 25 heteroatoms. The molecular formula is C41H52F6N8O10S. The van der Waals surface area contributed by atoms with Crippen molar-refractivity contribution < 1.29 is 73.9 Å². The van der Waals surface area contributed by atoms with Gasteiger partial charge < -0.3 is 65.1 Å². The summed E-state index contributed by atoms with van der Waals surface area (Å²) in [6.07, 6.45) is -5.52. The highest BCUT2D eigenvalue weighted by atomic mass is 32.2. The highest BCUT2D eigenvalue weighted by Crippen LogP contribution is 2.34. The monoisotopic (exact) mass is 962 g/mol. The van der Waals surface area contributed by atoms with Crippen molar-refractivity contribution in [2.75, 3.05) is 95.5 Å².